The molecule has 0 aromatic carbocycles. The first-order chi connectivity index (χ1) is 14.1. The molecule has 0 bridgehead atoms. The highest BCUT2D eigenvalue weighted by molar-refractivity contribution is 7.12. The fraction of sp³-hybridized carbons (Fsp3) is 0.300. The van der Waals surface area contributed by atoms with Crippen molar-refractivity contribution >= 4 is 22.9 Å². The monoisotopic (exact) mass is 408 g/mol. The lowest BCUT2D eigenvalue weighted by atomic mass is 10.1. The van der Waals surface area contributed by atoms with Crippen LogP contribution in [0.15, 0.2) is 42.4 Å². The largest absolute Gasteiger partial charge is 0.391 e. The predicted molar refractivity (Wildman–Crippen MR) is 110 cm³/mol. The van der Waals surface area contributed by atoms with Crippen molar-refractivity contribution in [2.75, 3.05) is 0 Å². The van der Waals surface area contributed by atoms with Crippen LogP contribution >= 0.6 is 11.3 Å². The van der Waals surface area contributed by atoms with Crippen molar-refractivity contribution in [2.24, 2.45) is 7.05 Å². The van der Waals surface area contributed by atoms with E-state index in [2.05, 4.69) is 20.5 Å². The number of hydrogen-bond acceptors (Lipinski definition) is 6. The minimum Gasteiger partial charge on any atom is -0.391 e. The van der Waals surface area contributed by atoms with Gasteiger partial charge in [0.15, 0.2) is 5.65 Å². The highest BCUT2D eigenvalue weighted by Gasteiger charge is 2.27. The van der Waals surface area contributed by atoms with E-state index in [-0.39, 0.29) is 11.9 Å². The van der Waals surface area contributed by atoms with Gasteiger partial charge in [-0.15, -0.1) is 11.3 Å². The van der Waals surface area contributed by atoms with Crippen LogP contribution in [0.2, 0.25) is 0 Å². The Morgan fingerprint density at radius 2 is 2.03 bits per heavy atom. The SMILES string of the molecule is Cn1cc(-c2cnc3c(-c4csc(C(=O)N[C@@H]5CCC[C@H]5O)c4)cnn3c2)cn1. The zero-order valence-corrected chi connectivity index (χ0v) is 16.6. The summed E-state index contributed by atoms with van der Waals surface area (Å²) in [5.74, 6) is -0.143. The number of carbonyl (C=O) groups is 1. The molecule has 1 amide bonds. The summed E-state index contributed by atoms with van der Waals surface area (Å²) in [6.45, 7) is 0. The number of amides is 1. The average Bonchev–Trinajstić information content (AvgIpc) is 3.48. The molecule has 148 valence electrons. The number of aryl methyl sites for hydroxylation is 1. The first-order valence-corrected chi connectivity index (χ1v) is 10.4. The smallest absolute Gasteiger partial charge is 0.261 e. The second kappa shape index (κ2) is 7.09. The van der Waals surface area contributed by atoms with Crippen LogP contribution in [-0.4, -0.2) is 47.5 Å². The number of nitrogens with zero attached hydrogens (tertiary/aromatic N) is 5. The summed E-state index contributed by atoms with van der Waals surface area (Å²) >= 11 is 1.38. The quantitative estimate of drug-likeness (QED) is 0.541. The Morgan fingerprint density at radius 3 is 2.79 bits per heavy atom. The van der Waals surface area contributed by atoms with E-state index >= 15 is 0 Å². The van der Waals surface area contributed by atoms with E-state index in [4.69, 9.17) is 0 Å². The minimum absolute atomic E-state index is 0.143. The van der Waals surface area contributed by atoms with Crippen molar-refractivity contribution in [1.29, 1.82) is 0 Å². The van der Waals surface area contributed by atoms with E-state index in [9.17, 15) is 9.90 Å². The van der Waals surface area contributed by atoms with E-state index in [1.54, 1.807) is 27.8 Å². The highest BCUT2D eigenvalue weighted by atomic mass is 32.1. The zero-order chi connectivity index (χ0) is 20.0. The Morgan fingerprint density at radius 1 is 1.17 bits per heavy atom. The summed E-state index contributed by atoms with van der Waals surface area (Å²) in [6.07, 6.45) is 11.3. The molecular formula is C20H20N6O2S. The molecular weight excluding hydrogens is 388 g/mol. The summed E-state index contributed by atoms with van der Waals surface area (Å²) in [6, 6.07) is 1.70. The Labute approximate surface area is 170 Å². The highest BCUT2D eigenvalue weighted by Crippen LogP contribution is 2.30. The molecule has 4 aromatic rings. The molecule has 0 radical (unpaired) electrons. The van der Waals surface area contributed by atoms with Crippen molar-refractivity contribution in [1.82, 2.24) is 29.7 Å². The van der Waals surface area contributed by atoms with Crippen LogP contribution in [0, 0.1) is 0 Å². The van der Waals surface area contributed by atoms with E-state index in [1.807, 2.05) is 30.9 Å². The van der Waals surface area contributed by atoms with Crippen molar-refractivity contribution < 1.29 is 9.90 Å². The fourth-order valence-corrected chi connectivity index (χ4v) is 4.55. The molecule has 1 aliphatic carbocycles. The van der Waals surface area contributed by atoms with Crippen LogP contribution in [0.5, 0.6) is 0 Å². The van der Waals surface area contributed by atoms with Crippen LogP contribution in [0.25, 0.3) is 27.9 Å². The van der Waals surface area contributed by atoms with Gasteiger partial charge in [-0.3, -0.25) is 9.48 Å². The van der Waals surface area contributed by atoms with Gasteiger partial charge in [-0.25, -0.2) is 9.50 Å². The summed E-state index contributed by atoms with van der Waals surface area (Å²) in [5, 5.41) is 23.4. The number of hydrogen-bond donors (Lipinski definition) is 2. The summed E-state index contributed by atoms with van der Waals surface area (Å²) in [5.41, 5.74) is 4.42. The maximum Gasteiger partial charge on any atom is 0.261 e. The van der Waals surface area contributed by atoms with Crippen molar-refractivity contribution in [3.63, 3.8) is 0 Å². The first kappa shape index (κ1) is 18.0. The maximum absolute atomic E-state index is 12.5. The van der Waals surface area contributed by atoms with E-state index in [0.29, 0.717) is 4.88 Å². The second-order valence-corrected chi connectivity index (χ2v) is 8.26. The molecule has 29 heavy (non-hydrogen) atoms. The number of thiophene rings is 1. The van der Waals surface area contributed by atoms with Gasteiger partial charge in [0.25, 0.3) is 5.91 Å². The van der Waals surface area contributed by atoms with E-state index < -0.39 is 6.10 Å². The lowest BCUT2D eigenvalue weighted by molar-refractivity contribution is 0.0877. The predicted octanol–water partition coefficient (Wildman–Crippen LogP) is 2.50. The molecule has 1 aliphatic rings. The Hall–Kier alpha value is -3.04. The number of aromatic nitrogens is 5. The van der Waals surface area contributed by atoms with Gasteiger partial charge in [0.2, 0.25) is 0 Å². The van der Waals surface area contributed by atoms with Gasteiger partial charge in [0.1, 0.15) is 0 Å². The molecule has 0 aliphatic heterocycles. The molecule has 1 fully saturated rings. The van der Waals surface area contributed by atoms with Gasteiger partial charge in [-0.1, -0.05) is 0 Å². The minimum atomic E-state index is -0.448. The van der Waals surface area contributed by atoms with Crippen LogP contribution in [0.4, 0.5) is 0 Å². The van der Waals surface area contributed by atoms with Crippen molar-refractivity contribution in [3.05, 3.63) is 47.3 Å². The number of aliphatic hydroxyl groups excluding tert-OH is 1. The molecule has 4 aromatic heterocycles. The maximum atomic E-state index is 12.5. The number of carbonyl (C=O) groups excluding carboxylic acids is 1. The normalized spacial score (nSPS) is 19.1. The topological polar surface area (TPSA) is 97.3 Å². The van der Waals surface area contributed by atoms with Gasteiger partial charge < -0.3 is 10.4 Å². The number of aliphatic hydroxyl groups is 1. The third kappa shape index (κ3) is 3.32. The number of fused-ring (bicyclic) bond motifs is 1. The Balaban J connectivity index is 1.40. The van der Waals surface area contributed by atoms with Crippen LogP contribution in [-0.2, 0) is 7.05 Å². The summed E-state index contributed by atoms with van der Waals surface area (Å²) in [4.78, 5) is 17.7. The number of nitrogens with one attached hydrogen (secondary N) is 1. The summed E-state index contributed by atoms with van der Waals surface area (Å²) in [7, 11) is 1.87. The standard InChI is InChI=1S/C20H20N6O2S/c1-25-9-14(7-22-25)13-6-21-19-15(8-23-26(19)10-13)12-5-18(29-11-12)20(28)24-16-3-2-4-17(16)27/h5-11,16-17,27H,2-4H2,1H3,(H,24,28)/t16-,17-/m1/s1. The molecule has 0 unspecified atom stereocenters. The van der Waals surface area contributed by atoms with Gasteiger partial charge in [-0.05, 0) is 36.3 Å². The van der Waals surface area contributed by atoms with Gasteiger partial charge in [0, 0.05) is 42.3 Å². The van der Waals surface area contributed by atoms with Crippen LogP contribution < -0.4 is 5.32 Å². The molecule has 2 atom stereocenters. The lowest BCUT2D eigenvalue weighted by Crippen LogP contribution is -2.39. The third-order valence-electron chi connectivity index (χ3n) is 5.32. The Bertz CT molecular complexity index is 1190. The molecule has 2 N–H and O–H groups in total. The molecule has 0 spiro atoms. The average molecular weight is 408 g/mol. The molecule has 1 saturated carbocycles. The summed E-state index contributed by atoms with van der Waals surface area (Å²) < 4.78 is 3.49. The molecule has 9 heteroatoms. The first-order valence-electron chi connectivity index (χ1n) is 9.49. The third-order valence-corrected chi connectivity index (χ3v) is 6.25. The van der Waals surface area contributed by atoms with Crippen LogP contribution in [0.3, 0.4) is 0 Å². The Kier molecular flexibility index (Phi) is 4.40. The fourth-order valence-electron chi connectivity index (χ4n) is 3.74. The van der Waals surface area contributed by atoms with Gasteiger partial charge in [-0.2, -0.15) is 10.2 Å². The molecule has 4 heterocycles. The molecule has 0 saturated heterocycles. The van der Waals surface area contributed by atoms with E-state index in [1.165, 1.54) is 11.3 Å². The van der Waals surface area contributed by atoms with Crippen molar-refractivity contribution in [2.45, 2.75) is 31.4 Å². The van der Waals surface area contributed by atoms with Gasteiger partial charge >= 0.3 is 0 Å². The van der Waals surface area contributed by atoms with Crippen molar-refractivity contribution in [3.8, 4) is 22.3 Å². The van der Waals surface area contributed by atoms with E-state index in [0.717, 1.165) is 47.2 Å². The lowest BCUT2D eigenvalue weighted by Gasteiger charge is -2.15. The van der Waals surface area contributed by atoms with Gasteiger partial charge in [0.05, 0.1) is 29.4 Å². The molecule has 5 rings (SSSR count). The van der Waals surface area contributed by atoms with Crippen LogP contribution in [0.1, 0.15) is 28.9 Å². The zero-order valence-electron chi connectivity index (χ0n) is 15.8. The number of rotatable bonds is 4. The second-order valence-electron chi connectivity index (χ2n) is 7.35. The molecule has 8 nitrogen and oxygen atoms in total.